The number of hydrogen-bond donors (Lipinski definition) is 2. The predicted molar refractivity (Wildman–Crippen MR) is 90.0 cm³/mol. The molecule has 3 N–H and O–H groups in total. The van der Waals surface area contributed by atoms with Gasteiger partial charge in [0.1, 0.15) is 0 Å². The summed E-state index contributed by atoms with van der Waals surface area (Å²) in [6, 6.07) is 8.30. The van der Waals surface area contributed by atoms with Gasteiger partial charge in [-0.1, -0.05) is 56.7 Å². The lowest BCUT2D eigenvalue weighted by Gasteiger charge is -2.42. The van der Waals surface area contributed by atoms with Crippen LogP contribution in [0.25, 0.3) is 0 Å². The van der Waals surface area contributed by atoms with Gasteiger partial charge in [-0.25, -0.2) is 4.79 Å². The van der Waals surface area contributed by atoms with E-state index in [-0.39, 0.29) is 5.54 Å². The van der Waals surface area contributed by atoms with Crippen molar-refractivity contribution >= 4 is 5.97 Å². The molecule has 2 saturated carbocycles. The van der Waals surface area contributed by atoms with E-state index in [1.165, 1.54) is 64.2 Å². The van der Waals surface area contributed by atoms with Crippen molar-refractivity contribution in [2.24, 2.45) is 11.7 Å². The first-order valence-electron chi connectivity index (χ1n) is 8.69. The highest BCUT2D eigenvalue weighted by atomic mass is 16.4. The Hall–Kier alpha value is -1.35. The van der Waals surface area contributed by atoms with E-state index in [1.807, 2.05) is 0 Å². The summed E-state index contributed by atoms with van der Waals surface area (Å²) < 4.78 is 0. The third kappa shape index (κ3) is 4.84. The van der Waals surface area contributed by atoms with Gasteiger partial charge in [0.05, 0.1) is 5.56 Å². The van der Waals surface area contributed by atoms with Crippen molar-refractivity contribution in [1.29, 1.82) is 0 Å². The summed E-state index contributed by atoms with van der Waals surface area (Å²) in [6.07, 6.45) is 13.9. The van der Waals surface area contributed by atoms with Crippen LogP contribution in [0.2, 0.25) is 0 Å². The molecule has 0 heterocycles. The third-order valence-electron chi connectivity index (χ3n) is 5.22. The van der Waals surface area contributed by atoms with E-state index in [4.69, 9.17) is 10.8 Å². The minimum absolute atomic E-state index is 0.249. The van der Waals surface area contributed by atoms with Crippen molar-refractivity contribution < 1.29 is 9.90 Å². The van der Waals surface area contributed by atoms with E-state index < -0.39 is 5.97 Å². The molecule has 3 rings (SSSR count). The molecule has 0 spiro atoms. The number of carboxylic acid groups (broad SMARTS) is 1. The highest BCUT2D eigenvalue weighted by Gasteiger charge is 2.36. The van der Waals surface area contributed by atoms with Crippen LogP contribution >= 0.6 is 0 Å². The van der Waals surface area contributed by atoms with Crippen molar-refractivity contribution in [2.75, 3.05) is 0 Å². The summed E-state index contributed by atoms with van der Waals surface area (Å²) in [5.74, 6) is -0.0165. The number of hydrogen-bond acceptors (Lipinski definition) is 2. The lowest BCUT2D eigenvalue weighted by molar-refractivity contribution is 0.0697. The molecule has 22 heavy (non-hydrogen) atoms. The monoisotopic (exact) mass is 303 g/mol. The summed E-state index contributed by atoms with van der Waals surface area (Å²) >= 11 is 0. The summed E-state index contributed by atoms with van der Waals surface area (Å²) in [7, 11) is 0. The number of aromatic carboxylic acids is 1. The molecule has 0 amide bonds. The summed E-state index contributed by atoms with van der Waals surface area (Å²) in [6.45, 7) is 0. The Labute approximate surface area is 133 Å². The second kappa shape index (κ2) is 8.33. The fourth-order valence-electron chi connectivity index (χ4n) is 3.88. The zero-order valence-electron chi connectivity index (χ0n) is 13.5. The van der Waals surface area contributed by atoms with Gasteiger partial charge in [-0.15, -0.1) is 0 Å². The summed E-state index contributed by atoms with van der Waals surface area (Å²) in [5.41, 5.74) is 7.11. The third-order valence-corrected chi connectivity index (χ3v) is 5.22. The molecule has 0 unspecified atom stereocenters. The SMILES string of the molecule is NC1(C2CCCCC2)CCCCC1.O=C(O)c1ccccc1. The van der Waals surface area contributed by atoms with E-state index in [0.29, 0.717) is 5.56 Å². The molecule has 0 aromatic heterocycles. The van der Waals surface area contributed by atoms with Gasteiger partial charge in [-0.3, -0.25) is 0 Å². The molecule has 2 fully saturated rings. The second-order valence-electron chi connectivity index (χ2n) is 6.80. The van der Waals surface area contributed by atoms with E-state index in [0.717, 1.165) is 5.92 Å². The molecule has 2 aliphatic carbocycles. The number of benzene rings is 1. The lowest BCUT2D eigenvalue weighted by Crippen LogP contribution is -2.49. The Morgan fingerprint density at radius 2 is 1.50 bits per heavy atom. The van der Waals surface area contributed by atoms with Crippen LogP contribution in [0, 0.1) is 5.92 Å². The van der Waals surface area contributed by atoms with Gasteiger partial charge in [0, 0.05) is 5.54 Å². The zero-order valence-corrected chi connectivity index (χ0v) is 13.5. The first-order chi connectivity index (χ1) is 10.6. The largest absolute Gasteiger partial charge is 0.478 e. The van der Waals surface area contributed by atoms with E-state index in [2.05, 4.69) is 0 Å². The van der Waals surface area contributed by atoms with Crippen LogP contribution < -0.4 is 5.73 Å². The summed E-state index contributed by atoms with van der Waals surface area (Å²) in [5, 5.41) is 8.38. The van der Waals surface area contributed by atoms with Crippen LogP contribution in [0.3, 0.4) is 0 Å². The van der Waals surface area contributed by atoms with Crippen LogP contribution in [-0.2, 0) is 0 Å². The average molecular weight is 303 g/mol. The molecule has 0 aliphatic heterocycles. The molecule has 0 radical (unpaired) electrons. The Bertz CT molecular complexity index is 446. The second-order valence-corrected chi connectivity index (χ2v) is 6.80. The standard InChI is InChI=1S/C12H23N.C7H6O2/c13-12(9-5-2-6-10-12)11-7-3-1-4-8-11;8-7(9)6-4-2-1-3-5-6/h11H,1-10,13H2;1-5H,(H,8,9). The van der Waals surface area contributed by atoms with E-state index in [1.54, 1.807) is 30.3 Å². The minimum atomic E-state index is -0.879. The predicted octanol–water partition coefficient (Wildman–Crippen LogP) is 4.61. The lowest BCUT2D eigenvalue weighted by atomic mass is 9.68. The number of carboxylic acids is 1. The Morgan fingerprint density at radius 3 is 2.00 bits per heavy atom. The highest BCUT2D eigenvalue weighted by molar-refractivity contribution is 5.87. The van der Waals surface area contributed by atoms with Crippen LogP contribution in [-0.4, -0.2) is 16.6 Å². The van der Waals surface area contributed by atoms with E-state index in [9.17, 15) is 4.79 Å². The van der Waals surface area contributed by atoms with Gasteiger partial charge >= 0.3 is 5.97 Å². The maximum Gasteiger partial charge on any atom is 0.335 e. The van der Waals surface area contributed by atoms with Gasteiger partial charge in [0.25, 0.3) is 0 Å². The molecule has 1 aromatic carbocycles. The number of carbonyl (C=O) groups is 1. The van der Waals surface area contributed by atoms with Crippen molar-refractivity contribution in [3.63, 3.8) is 0 Å². The molecule has 122 valence electrons. The van der Waals surface area contributed by atoms with Gasteiger partial charge in [-0.05, 0) is 43.7 Å². The minimum Gasteiger partial charge on any atom is -0.478 e. The van der Waals surface area contributed by atoms with Crippen molar-refractivity contribution in [1.82, 2.24) is 0 Å². The van der Waals surface area contributed by atoms with Gasteiger partial charge in [-0.2, -0.15) is 0 Å². The molecular formula is C19H29NO2. The molecule has 3 heteroatoms. The average Bonchev–Trinajstić information content (AvgIpc) is 2.58. The first kappa shape index (κ1) is 17.0. The van der Waals surface area contributed by atoms with Crippen molar-refractivity contribution in [2.45, 2.75) is 69.7 Å². The molecule has 0 atom stereocenters. The van der Waals surface area contributed by atoms with Gasteiger partial charge in [0.15, 0.2) is 0 Å². The van der Waals surface area contributed by atoms with Crippen LogP contribution in [0.15, 0.2) is 30.3 Å². The maximum atomic E-state index is 10.2. The Balaban J connectivity index is 0.000000172. The first-order valence-corrected chi connectivity index (χ1v) is 8.69. The molecule has 2 aliphatic rings. The van der Waals surface area contributed by atoms with Crippen molar-refractivity contribution in [3.05, 3.63) is 35.9 Å². The van der Waals surface area contributed by atoms with Gasteiger partial charge in [0.2, 0.25) is 0 Å². The Kier molecular flexibility index (Phi) is 6.44. The Morgan fingerprint density at radius 1 is 0.955 bits per heavy atom. The molecule has 1 aromatic rings. The number of rotatable bonds is 2. The molecule has 0 bridgehead atoms. The zero-order chi connectivity index (χ0) is 15.8. The van der Waals surface area contributed by atoms with Gasteiger partial charge < -0.3 is 10.8 Å². The smallest absolute Gasteiger partial charge is 0.335 e. The fourth-order valence-corrected chi connectivity index (χ4v) is 3.88. The summed E-state index contributed by atoms with van der Waals surface area (Å²) in [4.78, 5) is 10.2. The van der Waals surface area contributed by atoms with Crippen LogP contribution in [0.5, 0.6) is 0 Å². The van der Waals surface area contributed by atoms with Crippen LogP contribution in [0.1, 0.15) is 74.6 Å². The quantitative estimate of drug-likeness (QED) is 0.838. The topological polar surface area (TPSA) is 63.3 Å². The van der Waals surface area contributed by atoms with Crippen molar-refractivity contribution in [3.8, 4) is 0 Å². The molecule has 0 saturated heterocycles. The molecule has 3 nitrogen and oxygen atoms in total. The highest BCUT2D eigenvalue weighted by Crippen LogP contribution is 2.39. The maximum absolute atomic E-state index is 10.2. The molecular weight excluding hydrogens is 274 g/mol. The normalized spacial score (nSPS) is 21.5. The van der Waals surface area contributed by atoms with Crippen LogP contribution in [0.4, 0.5) is 0 Å². The van der Waals surface area contributed by atoms with E-state index >= 15 is 0 Å². The fraction of sp³-hybridized carbons (Fsp3) is 0.632. The number of nitrogens with two attached hydrogens (primary N) is 1.